The van der Waals surface area contributed by atoms with Gasteiger partial charge in [0.2, 0.25) is 5.95 Å². The van der Waals surface area contributed by atoms with Crippen LogP contribution in [-0.2, 0) is 16.8 Å². The number of pyridine rings is 1. The first-order chi connectivity index (χ1) is 13.0. The van der Waals surface area contributed by atoms with E-state index in [-0.39, 0.29) is 11.2 Å². The topological polar surface area (TPSA) is 91.7 Å². The molecule has 142 valence electrons. The number of carboxylic acids is 1. The quantitative estimate of drug-likeness (QED) is 0.874. The van der Waals surface area contributed by atoms with Crippen molar-refractivity contribution in [3.05, 3.63) is 41.3 Å². The first-order valence-electron chi connectivity index (χ1n) is 9.10. The average molecular weight is 369 g/mol. The molecule has 0 aromatic carbocycles. The molecule has 4 heterocycles. The van der Waals surface area contributed by atoms with Crippen LogP contribution in [-0.4, -0.2) is 59.8 Å². The molecule has 1 N–H and O–H groups in total. The Balaban J connectivity index is 1.55. The molecule has 8 nitrogen and oxygen atoms in total. The number of hydrogen-bond acceptors (Lipinski definition) is 7. The van der Waals surface area contributed by atoms with Crippen molar-refractivity contribution in [1.82, 2.24) is 15.0 Å². The summed E-state index contributed by atoms with van der Waals surface area (Å²) in [6, 6.07) is 3.36. The number of aromatic nitrogens is 3. The van der Waals surface area contributed by atoms with Gasteiger partial charge in [-0.2, -0.15) is 0 Å². The first-order valence-corrected chi connectivity index (χ1v) is 9.10. The summed E-state index contributed by atoms with van der Waals surface area (Å²) < 4.78 is 6.27. The highest BCUT2D eigenvalue weighted by atomic mass is 16.5. The van der Waals surface area contributed by atoms with E-state index in [1.807, 2.05) is 25.2 Å². The predicted molar refractivity (Wildman–Crippen MR) is 100 cm³/mol. The zero-order valence-corrected chi connectivity index (χ0v) is 15.6. The molecule has 0 amide bonds. The number of nitrogens with zero attached hydrogens (tertiary/aromatic N) is 5. The van der Waals surface area contributed by atoms with Crippen molar-refractivity contribution in [2.75, 3.05) is 43.6 Å². The Hall–Kier alpha value is -2.74. The van der Waals surface area contributed by atoms with E-state index in [1.165, 1.54) is 11.8 Å². The number of piperidine rings is 1. The minimum atomic E-state index is -0.963. The molecular weight excluding hydrogens is 346 g/mol. The molecule has 4 rings (SSSR count). The Kier molecular flexibility index (Phi) is 4.43. The fourth-order valence-corrected chi connectivity index (χ4v) is 3.79. The number of carbonyl (C=O) groups is 1. The van der Waals surface area contributed by atoms with E-state index >= 15 is 0 Å². The van der Waals surface area contributed by atoms with Crippen LogP contribution in [0.5, 0.6) is 0 Å². The van der Waals surface area contributed by atoms with E-state index in [1.54, 1.807) is 12.1 Å². The smallest absolute Gasteiger partial charge is 0.337 e. The van der Waals surface area contributed by atoms with E-state index in [2.05, 4.69) is 14.9 Å². The number of anilines is 2. The number of rotatable bonds is 3. The van der Waals surface area contributed by atoms with Gasteiger partial charge in [-0.1, -0.05) is 0 Å². The molecule has 0 unspecified atom stereocenters. The Morgan fingerprint density at radius 2 is 2.00 bits per heavy atom. The number of hydrogen-bond donors (Lipinski definition) is 1. The second kappa shape index (κ2) is 6.77. The van der Waals surface area contributed by atoms with Crippen molar-refractivity contribution in [3.63, 3.8) is 0 Å². The fourth-order valence-electron chi connectivity index (χ4n) is 3.79. The van der Waals surface area contributed by atoms with Gasteiger partial charge in [0.1, 0.15) is 11.4 Å². The van der Waals surface area contributed by atoms with Crippen molar-refractivity contribution in [2.24, 2.45) is 0 Å². The van der Waals surface area contributed by atoms with Crippen LogP contribution in [0.4, 0.5) is 11.8 Å². The molecule has 1 fully saturated rings. The third kappa shape index (κ3) is 3.21. The summed E-state index contributed by atoms with van der Waals surface area (Å²) in [6.45, 7) is 2.24. The van der Waals surface area contributed by atoms with E-state index in [0.717, 1.165) is 43.9 Å². The summed E-state index contributed by atoms with van der Waals surface area (Å²) in [6.07, 6.45) is 5.80. The second-order valence-electron chi connectivity index (χ2n) is 7.23. The SMILES string of the molecule is CN(C)c1ncc2c(n1)C1(CCN(c3ccc(C(=O)O)cn3)CC1)OCC2. The summed E-state index contributed by atoms with van der Waals surface area (Å²) in [7, 11) is 3.88. The number of ether oxygens (including phenoxy) is 1. The van der Waals surface area contributed by atoms with E-state index in [0.29, 0.717) is 12.6 Å². The zero-order valence-electron chi connectivity index (χ0n) is 15.6. The Morgan fingerprint density at radius 3 is 2.63 bits per heavy atom. The molecule has 0 saturated carbocycles. The van der Waals surface area contributed by atoms with Crippen LogP contribution in [0.3, 0.4) is 0 Å². The first kappa shape index (κ1) is 17.7. The third-order valence-corrected chi connectivity index (χ3v) is 5.32. The molecule has 2 aliphatic heterocycles. The highest BCUT2D eigenvalue weighted by molar-refractivity contribution is 5.87. The van der Waals surface area contributed by atoms with Gasteiger partial charge in [0.05, 0.1) is 17.9 Å². The van der Waals surface area contributed by atoms with Gasteiger partial charge in [0, 0.05) is 39.6 Å². The molecule has 1 spiro atoms. The van der Waals surface area contributed by atoms with E-state index < -0.39 is 5.97 Å². The van der Waals surface area contributed by atoms with Crippen LogP contribution in [0.2, 0.25) is 0 Å². The van der Waals surface area contributed by atoms with E-state index in [4.69, 9.17) is 14.8 Å². The normalized spacial score (nSPS) is 18.2. The summed E-state index contributed by atoms with van der Waals surface area (Å²) in [5, 5.41) is 9.02. The minimum Gasteiger partial charge on any atom is -0.478 e. The molecule has 0 bridgehead atoms. The van der Waals surface area contributed by atoms with Crippen LogP contribution in [0.25, 0.3) is 0 Å². The Labute approximate surface area is 157 Å². The molecular formula is C19H23N5O3. The van der Waals surface area contributed by atoms with Crippen LogP contribution in [0, 0.1) is 0 Å². The molecule has 2 aromatic heterocycles. The van der Waals surface area contributed by atoms with Gasteiger partial charge in [0.25, 0.3) is 0 Å². The summed E-state index contributed by atoms with van der Waals surface area (Å²) >= 11 is 0. The molecule has 0 radical (unpaired) electrons. The number of aromatic carboxylic acids is 1. The van der Waals surface area contributed by atoms with Crippen molar-refractivity contribution in [2.45, 2.75) is 24.9 Å². The zero-order chi connectivity index (χ0) is 19.0. The van der Waals surface area contributed by atoms with Crippen molar-refractivity contribution < 1.29 is 14.6 Å². The highest BCUT2D eigenvalue weighted by Gasteiger charge is 2.43. The Bertz CT molecular complexity index is 845. The lowest BCUT2D eigenvalue weighted by Gasteiger charge is -2.44. The molecule has 2 aliphatic rings. The maximum absolute atomic E-state index is 11.0. The van der Waals surface area contributed by atoms with Gasteiger partial charge in [-0.15, -0.1) is 0 Å². The van der Waals surface area contributed by atoms with Crippen LogP contribution in [0.1, 0.15) is 34.5 Å². The maximum atomic E-state index is 11.0. The van der Waals surface area contributed by atoms with Crippen LogP contribution >= 0.6 is 0 Å². The molecule has 2 aromatic rings. The summed E-state index contributed by atoms with van der Waals surface area (Å²) in [5.41, 5.74) is 2.01. The fraction of sp³-hybridized carbons (Fsp3) is 0.474. The molecule has 0 atom stereocenters. The third-order valence-electron chi connectivity index (χ3n) is 5.32. The molecule has 0 aliphatic carbocycles. The summed E-state index contributed by atoms with van der Waals surface area (Å²) in [4.78, 5) is 28.6. The number of carboxylic acid groups (broad SMARTS) is 1. The molecule has 27 heavy (non-hydrogen) atoms. The molecule has 8 heteroatoms. The predicted octanol–water partition coefficient (Wildman–Crippen LogP) is 1.70. The van der Waals surface area contributed by atoms with Gasteiger partial charge < -0.3 is 19.6 Å². The highest BCUT2D eigenvalue weighted by Crippen LogP contribution is 2.41. The Morgan fingerprint density at radius 1 is 1.22 bits per heavy atom. The van der Waals surface area contributed by atoms with Gasteiger partial charge in [0.15, 0.2) is 0 Å². The van der Waals surface area contributed by atoms with Crippen molar-refractivity contribution in [1.29, 1.82) is 0 Å². The van der Waals surface area contributed by atoms with Crippen LogP contribution < -0.4 is 9.80 Å². The lowest BCUT2D eigenvalue weighted by atomic mass is 9.83. The second-order valence-corrected chi connectivity index (χ2v) is 7.23. The van der Waals surface area contributed by atoms with Crippen molar-refractivity contribution >= 4 is 17.7 Å². The van der Waals surface area contributed by atoms with Crippen molar-refractivity contribution in [3.8, 4) is 0 Å². The van der Waals surface area contributed by atoms with E-state index in [9.17, 15) is 4.79 Å². The summed E-state index contributed by atoms with van der Waals surface area (Å²) in [5.74, 6) is 0.532. The minimum absolute atomic E-state index is 0.199. The lowest BCUT2D eigenvalue weighted by molar-refractivity contribution is -0.0801. The van der Waals surface area contributed by atoms with Gasteiger partial charge >= 0.3 is 5.97 Å². The average Bonchev–Trinajstić information content (AvgIpc) is 2.69. The standard InChI is InChI=1S/C19H23N5O3/c1-23(2)18-21-11-13-5-10-27-19(16(13)22-18)6-8-24(9-7-19)15-4-3-14(12-20-15)17(25)26/h3-4,11-12H,5-10H2,1-2H3,(H,25,26). The number of fused-ring (bicyclic) bond motifs is 2. The molecule has 1 saturated heterocycles. The van der Waals surface area contributed by atoms with Gasteiger partial charge in [-0.05, 0) is 37.0 Å². The maximum Gasteiger partial charge on any atom is 0.337 e. The van der Waals surface area contributed by atoms with Gasteiger partial charge in [-0.25, -0.2) is 19.7 Å². The largest absolute Gasteiger partial charge is 0.478 e. The monoisotopic (exact) mass is 369 g/mol. The van der Waals surface area contributed by atoms with Crippen LogP contribution in [0.15, 0.2) is 24.5 Å². The lowest BCUT2D eigenvalue weighted by Crippen LogP contribution is -2.47. The van der Waals surface area contributed by atoms with Gasteiger partial charge in [-0.3, -0.25) is 0 Å².